The van der Waals surface area contributed by atoms with Crippen LogP contribution in [-0.2, 0) is 11.0 Å². The van der Waals surface area contributed by atoms with Crippen molar-refractivity contribution in [2.45, 2.75) is 45.4 Å². The van der Waals surface area contributed by atoms with Crippen LogP contribution in [0.2, 0.25) is 11.1 Å². The van der Waals surface area contributed by atoms with E-state index in [4.69, 9.17) is 4.43 Å². The van der Waals surface area contributed by atoms with Crippen LogP contribution in [0.4, 0.5) is 0 Å². The van der Waals surface area contributed by atoms with Crippen molar-refractivity contribution in [3.8, 4) is 0 Å². The second-order valence-electron chi connectivity index (χ2n) is 4.49. The molecule has 0 atom stereocenters. The predicted molar refractivity (Wildman–Crippen MR) is 67.2 cm³/mol. The Kier molecular flexibility index (Phi) is 5.06. The number of rotatable bonds is 5. The lowest BCUT2D eigenvalue weighted by atomic mass is 10.2. The van der Waals surface area contributed by atoms with E-state index in [2.05, 4.69) is 52.0 Å². The molecular weight excluding hydrogens is 200 g/mol. The number of hydrogen-bond donors (Lipinski definition) is 0. The second kappa shape index (κ2) is 6.08. The van der Waals surface area contributed by atoms with Gasteiger partial charge in [0, 0.05) is 0 Å². The summed E-state index contributed by atoms with van der Waals surface area (Å²) in [6.45, 7) is 9.82. The molecule has 0 bridgehead atoms. The van der Waals surface area contributed by atoms with Crippen LogP contribution in [0.1, 0.15) is 33.3 Å². The second-order valence-corrected chi connectivity index (χ2v) is 7.89. The van der Waals surface area contributed by atoms with Gasteiger partial charge in [-0.15, -0.1) is 0 Å². The number of hydrogen-bond acceptors (Lipinski definition) is 1. The highest BCUT2D eigenvalue weighted by molar-refractivity contribution is 6.54. The molecule has 0 fully saturated rings. The van der Waals surface area contributed by atoms with Gasteiger partial charge in [0.1, 0.15) is 0 Å². The molecule has 0 saturated heterocycles. The molecule has 15 heavy (non-hydrogen) atoms. The molecule has 1 aromatic rings. The zero-order valence-electron chi connectivity index (χ0n) is 10.2. The Hall–Kier alpha value is -0.603. The molecule has 2 heteroatoms. The van der Waals surface area contributed by atoms with E-state index < -0.39 is 9.04 Å². The third kappa shape index (κ3) is 4.18. The zero-order valence-corrected chi connectivity index (χ0v) is 11.2. The van der Waals surface area contributed by atoms with E-state index in [1.807, 2.05) is 6.07 Å². The molecule has 0 aromatic heterocycles. The van der Waals surface area contributed by atoms with Gasteiger partial charge in [-0.25, -0.2) is 0 Å². The van der Waals surface area contributed by atoms with Crippen molar-refractivity contribution in [3.05, 3.63) is 35.9 Å². The zero-order chi connectivity index (χ0) is 11.3. The summed E-state index contributed by atoms with van der Waals surface area (Å²) in [5.41, 5.74) is 2.64. The van der Waals surface area contributed by atoms with Crippen molar-refractivity contribution < 1.29 is 4.43 Å². The van der Waals surface area contributed by atoms with Crippen molar-refractivity contribution in [3.63, 3.8) is 0 Å². The summed E-state index contributed by atoms with van der Waals surface area (Å²) in [5.74, 6) is 0. The highest BCUT2D eigenvalue weighted by Crippen LogP contribution is 2.21. The normalized spacial score (nSPS) is 11.7. The summed E-state index contributed by atoms with van der Waals surface area (Å²) >= 11 is 0. The highest BCUT2D eigenvalue weighted by atomic mass is 28.3. The lowest BCUT2D eigenvalue weighted by molar-refractivity contribution is 0.296. The largest absolute Gasteiger partial charge is 0.412 e. The van der Waals surface area contributed by atoms with Crippen LogP contribution >= 0.6 is 0 Å². The van der Waals surface area contributed by atoms with Gasteiger partial charge in [0.05, 0.1) is 6.61 Å². The van der Waals surface area contributed by atoms with Gasteiger partial charge in [-0.2, -0.15) is 0 Å². The molecule has 0 heterocycles. The standard InChI is InChI=1S/C13H21OSi/c1-11(2)15(12(3)4)14-10-13-8-6-5-7-9-13/h5-9,11-12H,10H2,1-4H3. The summed E-state index contributed by atoms with van der Waals surface area (Å²) < 4.78 is 6.05. The fraction of sp³-hybridized carbons (Fsp3) is 0.538. The van der Waals surface area contributed by atoms with Crippen LogP contribution in [0.5, 0.6) is 0 Å². The van der Waals surface area contributed by atoms with Crippen molar-refractivity contribution in [1.29, 1.82) is 0 Å². The van der Waals surface area contributed by atoms with E-state index in [-0.39, 0.29) is 0 Å². The lowest BCUT2D eigenvalue weighted by Crippen LogP contribution is -2.25. The van der Waals surface area contributed by atoms with Gasteiger partial charge in [0.25, 0.3) is 0 Å². The molecule has 0 aliphatic rings. The van der Waals surface area contributed by atoms with Crippen molar-refractivity contribution in [2.75, 3.05) is 0 Å². The summed E-state index contributed by atoms with van der Waals surface area (Å²) in [6, 6.07) is 10.4. The predicted octanol–water partition coefficient (Wildman–Crippen LogP) is 4.01. The summed E-state index contributed by atoms with van der Waals surface area (Å²) in [7, 11) is -0.676. The molecule has 1 radical (unpaired) electrons. The maximum Gasteiger partial charge on any atom is 0.217 e. The number of benzene rings is 1. The van der Waals surface area contributed by atoms with Crippen LogP contribution in [0.15, 0.2) is 30.3 Å². The molecular formula is C13H21OSi. The van der Waals surface area contributed by atoms with Crippen molar-refractivity contribution >= 4 is 9.04 Å². The average Bonchev–Trinajstić information content (AvgIpc) is 2.18. The molecule has 0 spiro atoms. The van der Waals surface area contributed by atoms with Crippen LogP contribution in [-0.4, -0.2) is 9.04 Å². The quantitative estimate of drug-likeness (QED) is 0.683. The Morgan fingerprint density at radius 1 is 1.00 bits per heavy atom. The third-order valence-electron chi connectivity index (χ3n) is 2.39. The molecule has 0 aliphatic heterocycles. The van der Waals surface area contributed by atoms with Crippen LogP contribution < -0.4 is 0 Å². The first kappa shape index (κ1) is 12.5. The van der Waals surface area contributed by atoms with Gasteiger partial charge in [0.15, 0.2) is 0 Å². The molecule has 0 N–H and O–H groups in total. The Balaban J connectivity index is 2.47. The molecule has 1 aromatic carbocycles. The molecule has 1 nitrogen and oxygen atoms in total. The van der Waals surface area contributed by atoms with Gasteiger partial charge < -0.3 is 4.43 Å². The first-order valence-electron chi connectivity index (χ1n) is 5.64. The lowest BCUT2D eigenvalue weighted by Gasteiger charge is -2.22. The van der Waals surface area contributed by atoms with Gasteiger partial charge in [-0.3, -0.25) is 0 Å². The molecule has 83 valence electrons. The Morgan fingerprint density at radius 3 is 2.00 bits per heavy atom. The third-order valence-corrected chi connectivity index (χ3v) is 5.14. The molecule has 0 amide bonds. The molecule has 0 unspecified atom stereocenters. The van der Waals surface area contributed by atoms with Crippen molar-refractivity contribution in [2.24, 2.45) is 0 Å². The highest BCUT2D eigenvalue weighted by Gasteiger charge is 2.21. The summed E-state index contributed by atoms with van der Waals surface area (Å²) in [5, 5.41) is 0. The first-order valence-corrected chi connectivity index (χ1v) is 7.21. The summed E-state index contributed by atoms with van der Waals surface area (Å²) in [6.07, 6.45) is 0. The molecule has 0 saturated carbocycles. The molecule has 1 rings (SSSR count). The fourth-order valence-corrected chi connectivity index (χ4v) is 4.07. The van der Waals surface area contributed by atoms with Gasteiger partial charge >= 0.3 is 0 Å². The monoisotopic (exact) mass is 221 g/mol. The smallest absolute Gasteiger partial charge is 0.217 e. The Morgan fingerprint density at radius 2 is 1.53 bits per heavy atom. The van der Waals surface area contributed by atoms with E-state index in [9.17, 15) is 0 Å². The fourth-order valence-electron chi connectivity index (χ4n) is 1.74. The molecule has 0 aliphatic carbocycles. The van der Waals surface area contributed by atoms with E-state index in [1.165, 1.54) is 5.56 Å². The van der Waals surface area contributed by atoms with Gasteiger partial charge in [-0.05, 0) is 16.6 Å². The first-order chi connectivity index (χ1) is 7.11. The minimum absolute atomic E-state index is 0.676. The Bertz CT molecular complexity index is 261. The van der Waals surface area contributed by atoms with Gasteiger partial charge in [-0.1, -0.05) is 58.0 Å². The minimum Gasteiger partial charge on any atom is -0.412 e. The van der Waals surface area contributed by atoms with E-state index in [1.54, 1.807) is 0 Å². The van der Waals surface area contributed by atoms with Gasteiger partial charge in [0.2, 0.25) is 9.04 Å². The minimum atomic E-state index is -0.676. The van der Waals surface area contributed by atoms with E-state index in [0.29, 0.717) is 11.1 Å². The SMILES string of the molecule is CC(C)[Si](OCc1ccccc1)C(C)C. The van der Waals surface area contributed by atoms with E-state index >= 15 is 0 Å². The van der Waals surface area contributed by atoms with Crippen molar-refractivity contribution in [1.82, 2.24) is 0 Å². The van der Waals surface area contributed by atoms with Crippen LogP contribution in [0, 0.1) is 0 Å². The van der Waals surface area contributed by atoms with Crippen LogP contribution in [0.3, 0.4) is 0 Å². The van der Waals surface area contributed by atoms with E-state index in [0.717, 1.165) is 6.61 Å². The summed E-state index contributed by atoms with van der Waals surface area (Å²) in [4.78, 5) is 0. The maximum absolute atomic E-state index is 6.05. The van der Waals surface area contributed by atoms with Crippen LogP contribution in [0.25, 0.3) is 0 Å². The maximum atomic E-state index is 6.05. The Labute approximate surface area is 95.2 Å². The average molecular weight is 221 g/mol. The topological polar surface area (TPSA) is 9.23 Å².